The van der Waals surface area contributed by atoms with Crippen molar-refractivity contribution < 1.29 is 24.9 Å². The van der Waals surface area contributed by atoms with Crippen molar-refractivity contribution in [3.8, 4) is 11.5 Å². The third-order valence-electron chi connectivity index (χ3n) is 2.44. The number of carbonyl (C=O) groups excluding carboxylic acids is 1. The summed E-state index contributed by atoms with van der Waals surface area (Å²) in [6.45, 7) is 1.39. The lowest BCUT2D eigenvalue weighted by atomic mass is 10.0. The van der Waals surface area contributed by atoms with Crippen LogP contribution in [0.1, 0.15) is 18.6 Å². The van der Waals surface area contributed by atoms with Gasteiger partial charge in [0.1, 0.15) is 6.10 Å². The van der Waals surface area contributed by atoms with Gasteiger partial charge < -0.3 is 20.1 Å². The lowest BCUT2D eigenvalue weighted by Gasteiger charge is -2.19. The van der Waals surface area contributed by atoms with E-state index in [0.29, 0.717) is 10.0 Å². The first-order valence-corrected chi connectivity index (χ1v) is 7.20. The molecular weight excluding hydrogens is 336 g/mol. The monoisotopic (exact) mass is 350 g/mol. The highest BCUT2D eigenvalue weighted by molar-refractivity contribution is 9.10. The summed E-state index contributed by atoms with van der Waals surface area (Å²) in [5.41, 5.74) is 0.329. The van der Waals surface area contributed by atoms with Crippen LogP contribution in [0.4, 0.5) is 0 Å². The molecule has 0 aromatic heterocycles. The number of aliphatic hydroxyl groups is 2. The van der Waals surface area contributed by atoms with E-state index in [9.17, 15) is 20.1 Å². The van der Waals surface area contributed by atoms with Crippen molar-refractivity contribution in [3.05, 3.63) is 22.2 Å². The van der Waals surface area contributed by atoms with Crippen LogP contribution in [-0.2, 0) is 4.79 Å². The number of hydrogen-bond acceptors (Lipinski definition) is 6. The average molecular weight is 351 g/mol. The molecule has 7 heteroatoms. The number of aromatic hydroxyl groups is 1. The first-order chi connectivity index (χ1) is 8.86. The topological polar surface area (TPSA) is 87.0 Å². The normalized spacial score (nSPS) is 13.9. The molecule has 19 heavy (non-hydrogen) atoms. The molecule has 0 amide bonds. The molecule has 1 rings (SSSR count). The van der Waals surface area contributed by atoms with Gasteiger partial charge in [-0.2, -0.15) is 0 Å². The van der Waals surface area contributed by atoms with E-state index in [4.69, 9.17) is 4.74 Å². The van der Waals surface area contributed by atoms with Crippen LogP contribution >= 0.6 is 27.7 Å². The van der Waals surface area contributed by atoms with Gasteiger partial charge in [-0.25, -0.2) is 0 Å². The molecule has 5 nitrogen and oxygen atoms in total. The van der Waals surface area contributed by atoms with Crippen LogP contribution in [0.2, 0.25) is 0 Å². The van der Waals surface area contributed by atoms with Crippen molar-refractivity contribution in [2.24, 2.45) is 0 Å². The summed E-state index contributed by atoms with van der Waals surface area (Å²) in [6, 6.07) is 2.81. The predicted octanol–water partition coefficient (Wildman–Crippen LogP) is 1.84. The van der Waals surface area contributed by atoms with Gasteiger partial charge >= 0.3 is 0 Å². The number of carbonyl (C=O) groups is 1. The maximum absolute atomic E-state index is 10.8. The van der Waals surface area contributed by atoms with E-state index >= 15 is 0 Å². The van der Waals surface area contributed by atoms with Crippen LogP contribution in [0.3, 0.4) is 0 Å². The van der Waals surface area contributed by atoms with E-state index in [0.717, 1.165) is 11.8 Å². The molecule has 0 aliphatic heterocycles. The van der Waals surface area contributed by atoms with Crippen molar-refractivity contribution in [1.29, 1.82) is 0 Å². The number of aliphatic hydroxyl groups excluding tert-OH is 2. The summed E-state index contributed by atoms with van der Waals surface area (Å²) in [5, 5.41) is 29.3. The lowest BCUT2D eigenvalue weighted by Crippen LogP contribution is -2.21. The maximum atomic E-state index is 10.8. The first-order valence-electron chi connectivity index (χ1n) is 5.42. The Balaban J connectivity index is 2.90. The third-order valence-corrected chi connectivity index (χ3v) is 4.04. The number of ether oxygens (including phenoxy) is 1. The van der Waals surface area contributed by atoms with Gasteiger partial charge in [-0.05, 0) is 12.1 Å². The van der Waals surface area contributed by atoms with Crippen LogP contribution in [0.15, 0.2) is 16.6 Å². The molecule has 0 aliphatic carbocycles. The lowest BCUT2D eigenvalue weighted by molar-refractivity contribution is -0.109. The Labute approximate surface area is 123 Å². The Morgan fingerprint density at radius 1 is 1.47 bits per heavy atom. The fraction of sp³-hybridized carbons (Fsp3) is 0.417. The van der Waals surface area contributed by atoms with E-state index in [1.165, 1.54) is 26.2 Å². The first kappa shape index (κ1) is 16.3. The SMILES string of the molecule is COc1cc(Br)c(C(O)C(O)CSC(C)=O)cc1O. The van der Waals surface area contributed by atoms with Crippen molar-refractivity contribution in [3.63, 3.8) is 0 Å². The predicted molar refractivity (Wildman–Crippen MR) is 76.5 cm³/mol. The minimum absolute atomic E-state index is 0.0791. The number of phenolic OH excluding ortho intramolecular Hbond substituents is 1. The number of benzene rings is 1. The summed E-state index contributed by atoms with van der Waals surface area (Å²) in [4.78, 5) is 10.8. The summed E-state index contributed by atoms with van der Waals surface area (Å²) in [5.74, 6) is 0.206. The van der Waals surface area contributed by atoms with Crippen molar-refractivity contribution in [2.45, 2.75) is 19.1 Å². The van der Waals surface area contributed by atoms with E-state index in [-0.39, 0.29) is 22.4 Å². The van der Waals surface area contributed by atoms with E-state index in [1.54, 1.807) is 0 Å². The average Bonchev–Trinajstić information content (AvgIpc) is 2.37. The van der Waals surface area contributed by atoms with Crippen LogP contribution in [0.5, 0.6) is 11.5 Å². The molecule has 0 radical (unpaired) electrons. The Morgan fingerprint density at radius 3 is 2.63 bits per heavy atom. The quantitative estimate of drug-likeness (QED) is 0.750. The molecule has 1 aromatic carbocycles. The number of phenols is 1. The molecule has 0 aliphatic rings. The van der Waals surface area contributed by atoms with Crippen molar-refractivity contribution >= 4 is 32.8 Å². The standard InChI is InChI=1S/C12H15BrO5S/c1-6(14)19-5-10(16)12(17)7-3-9(15)11(18-2)4-8(7)13/h3-4,10,12,15-17H,5H2,1-2H3. The highest BCUT2D eigenvalue weighted by Gasteiger charge is 2.23. The summed E-state index contributed by atoms with van der Waals surface area (Å²) in [7, 11) is 1.41. The van der Waals surface area contributed by atoms with Gasteiger partial charge in [-0.3, -0.25) is 4.79 Å². The second-order valence-electron chi connectivity index (χ2n) is 3.86. The zero-order chi connectivity index (χ0) is 14.6. The molecule has 3 N–H and O–H groups in total. The fourth-order valence-corrected chi connectivity index (χ4v) is 2.60. The van der Waals surface area contributed by atoms with E-state index in [2.05, 4.69) is 15.9 Å². The molecule has 0 saturated heterocycles. The largest absolute Gasteiger partial charge is 0.504 e. The van der Waals surface area contributed by atoms with Gasteiger partial charge in [-0.1, -0.05) is 27.7 Å². The number of methoxy groups -OCH3 is 1. The third kappa shape index (κ3) is 4.38. The molecular formula is C12H15BrO5S. The minimum Gasteiger partial charge on any atom is -0.504 e. The van der Waals surface area contributed by atoms with Crippen LogP contribution in [0.25, 0.3) is 0 Å². The van der Waals surface area contributed by atoms with Crippen molar-refractivity contribution in [2.75, 3.05) is 12.9 Å². The highest BCUT2D eigenvalue weighted by atomic mass is 79.9. The molecule has 0 spiro atoms. The Morgan fingerprint density at radius 2 is 2.11 bits per heavy atom. The molecule has 0 fully saturated rings. The van der Waals surface area contributed by atoms with Gasteiger partial charge in [-0.15, -0.1) is 0 Å². The van der Waals surface area contributed by atoms with Gasteiger partial charge in [0.15, 0.2) is 16.6 Å². The summed E-state index contributed by atoms with van der Waals surface area (Å²) in [6.07, 6.45) is -2.32. The molecule has 0 bridgehead atoms. The zero-order valence-electron chi connectivity index (χ0n) is 10.5. The Bertz CT molecular complexity index is 466. The number of rotatable bonds is 5. The fourth-order valence-electron chi connectivity index (χ4n) is 1.45. The maximum Gasteiger partial charge on any atom is 0.185 e. The number of hydrogen-bond donors (Lipinski definition) is 3. The van der Waals surface area contributed by atoms with Gasteiger partial charge in [0.25, 0.3) is 0 Å². The summed E-state index contributed by atoms with van der Waals surface area (Å²) >= 11 is 4.16. The Kier molecular flexibility index (Phi) is 6.12. The number of thioether (sulfide) groups is 1. The summed E-state index contributed by atoms with van der Waals surface area (Å²) < 4.78 is 5.43. The number of halogens is 1. The van der Waals surface area contributed by atoms with Crippen LogP contribution in [0, 0.1) is 0 Å². The molecule has 2 unspecified atom stereocenters. The smallest absolute Gasteiger partial charge is 0.185 e. The minimum atomic E-state index is -1.21. The van der Waals surface area contributed by atoms with Crippen LogP contribution < -0.4 is 4.74 Å². The molecule has 2 atom stereocenters. The highest BCUT2D eigenvalue weighted by Crippen LogP contribution is 2.36. The van der Waals surface area contributed by atoms with Gasteiger partial charge in [0.2, 0.25) is 0 Å². The Hall–Kier alpha value is -0.760. The second-order valence-corrected chi connectivity index (χ2v) is 5.91. The van der Waals surface area contributed by atoms with Crippen LogP contribution in [-0.4, -0.2) is 39.4 Å². The molecule has 1 aromatic rings. The van der Waals surface area contributed by atoms with Crippen molar-refractivity contribution in [1.82, 2.24) is 0 Å². The molecule has 0 saturated carbocycles. The van der Waals surface area contributed by atoms with Gasteiger partial charge in [0.05, 0.1) is 13.2 Å². The molecule has 106 valence electrons. The zero-order valence-corrected chi connectivity index (χ0v) is 12.9. The van der Waals surface area contributed by atoms with E-state index < -0.39 is 12.2 Å². The van der Waals surface area contributed by atoms with E-state index in [1.807, 2.05) is 0 Å². The second kappa shape index (κ2) is 7.14. The molecule has 0 heterocycles. The van der Waals surface area contributed by atoms with Gasteiger partial charge in [0, 0.05) is 22.7 Å².